The second-order valence-electron chi connectivity index (χ2n) is 8.17. The minimum absolute atomic E-state index is 0.0783. The van der Waals surface area contributed by atoms with Crippen LogP contribution in [0.3, 0.4) is 0 Å². The van der Waals surface area contributed by atoms with Gasteiger partial charge in [-0.05, 0) is 37.0 Å². The zero-order chi connectivity index (χ0) is 22.1. The van der Waals surface area contributed by atoms with E-state index in [2.05, 4.69) is 51.9 Å². The third-order valence-electron chi connectivity index (χ3n) is 5.36. The molecule has 1 fully saturated rings. The highest BCUT2D eigenvalue weighted by Gasteiger charge is 2.31. The van der Waals surface area contributed by atoms with Crippen LogP contribution in [0, 0.1) is 0 Å². The number of ether oxygens (including phenoxy) is 1. The summed E-state index contributed by atoms with van der Waals surface area (Å²) >= 11 is 0. The molecule has 1 unspecified atom stereocenters. The van der Waals surface area contributed by atoms with Crippen LogP contribution in [0.4, 0.5) is 0 Å². The Labute approximate surface area is 185 Å². The van der Waals surface area contributed by atoms with E-state index in [1.807, 2.05) is 32.0 Å². The second-order valence-corrected chi connectivity index (χ2v) is 8.17. The van der Waals surface area contributed by atoms with E-state index in [1.54, 1.807) is 0 Å². The summed E-state index contributed by atoms with van der Waals surface area (Å²) in [6.45, 7) is 7.13. The molecule has 0 aromatic heterocycles. The van der Waals surface area contributed by atoms with Crippen molar-refractivity contribution in [1.82, 2.24) is 15.5 Å². The molecule has 0 spiro atoms. The van der Waals surface area contributed by atoms with Gasteiger partial charge in [-0.2, -0.15) is 0 Å². The molecule has 2 aromatic rings. The molecule has 0 saturated carbocycles. The molecular weight excluding hydrogens is 390 g/mol. The first-order valence-electron chi connectivity index (χ1n) is 11.1. The van der Waals surface area contributed by atoms with Crippen LogP contribution in [0.2, 0.25) is 0 Å². The Balaban J connectivity index is 1.54. The van der Waals surface area contributed by atoms with Gasteiger partial charge in [0.05, 0.1) is 18.6 Å². The number of nitrogens with zero attached hydrogens (tertiary/aromatic N) is 1. The van der Waals surface area contributed by atoms with Crippen LogP contribution >= 0.6 is 0 Å². The maximum atomic E-state index is 12.5. The molecule has 2 aromatic carbocycles. The average Bonchev–Trinajstić information content (AvgIpc) is 2.77. The molecule has 2 N–H and O–H groups in total. The summed E-state index contributed by atoms with van der Waals surface area (Å²) in [4.78, 5) is 27.0. The van der Waals surface area contributed by atoms with Crippen molar-refractivity contribution in [1.29, 1.82) is 0 Å². The molecule has 6 heteroatoms. The van der Waals surface area contributed by atoms with Gasteiger partial charge in [0.1, 0.15) is 0 Å². The van der Waals surface area contributed by atoms with Gasteiger partial charge in [-0.25, -0.2) is 0 Å². The van der Waals surface area contributed by atoms with Crippen molar-refractivity contribution in [2.45, 2.75) is 45.4 Å². The van der Waals surface area contributed by atoms with Gasteiger partial charge in [0, 0.05) is 32.8 Å². The molecule has 1 aliphatic rings. The standard InChI is InChI=1S/C25H33N3O3/c1-19(2)31-16-6-13-26-24(29)17-23-25(30)27-14-15-28(23)18-20-9-11-22(12-10-20)21-7-4-3-5-8-21/h3-5,7-12,19,23H,6,13-18H2,1-2H3,(H,26,29)(H,27,30). The monoisotopic (exact) mass is 423 g/mol. The maximum Gasteiger partial charge on any atom is 0.237 e. The van der Waals surface area contributed by atoms with Crippen molar-refractivity contribution in [2.24, 2.45) is 0 Å². The zero-order valence-electron chi connectivity index (χ0n) is 18.5. The lowest BCUT2D eigenvalue weighted by Crippen LogP contribution is -2.56. The van der Waals surface area contributed by atoms with E-state index in [-0.39, 0.29) is 24.3 Å². The largest absolute Gasteiger partial charge is 0.379 e. The molecule has 6 nitrogen and oxygen atoms in total. The molecule has 31 heavy (non-hydrogen) atoms. The first-order valence-corrected chi connectivity index (χ1v) is 11.1. The zero-order valence-corrected chi connectivity index (χ0v) is 18.5. The van der Waals surface area contributed by atoms with Crippen LogP contribution < -0.4 is 10.6 Å². The van der Waals surface area contributed by atoms with Crippen molar-refractivity contribution in [2.75, 3.05) is 26.2 Å². The number of benzene rings is 2. The van der Waals surface area contributed by atoms with Gasteiger partial charge >= 0.3 is 0 Å². The van der Waals surface area contributed by atoms with Crippen molar-refractivity contribution in [3.63, 3.8) is 0 Å². The van der Waals surface area contributed by atoms with Crippen LogP contribution in [0.15, 0.2) is 54.6 Å². The van der Waals surface area contributed by atoms with Gasteiger partial charge in [-0.1, -0.05) is 54.6 Å². The van der Waals surface area contributed by atoms with Crippen molar-refractivity contribution >= 4 is 11.8 Å². The van der Waals surface area contributed by atoms with E-state index in [1.165, 1.54) is 5.56 Å². The smallest absolute Gasteiger partial charge is 0.237 e. The second kappa shape index (κ2) is 11.6. The number of amides is 2. The van der Waals surface area contributed by atoms with E-state index in [0.717, 1.165) is 24.1 Å². The fraction of sp³-hybridized carbons (Fsp3) is 0.440. The first-order chi connectivity index (χ1) is 15.0. The van der Waals surface area contributed by atoms with Gasteiger partial charge in [0.25, 0.3) is 0 Å². The first kappa shape index (κ1) is 23.0. The molecule has 3 rings (SSSR count). The van der Waals surface area contributed by atoms with E-state index in [9.17, 15) is 9.59 Å². The number of hydrogen-bond donors (Lipinski definition) is 2. The third-order valence-corrected chi connectivity index (χ3v) is 5.36. The van der Waals surface area contributed by atoms with Gasteiger partial charge in [0.2, 0.25) is 11.8 Å². The van der Waals surface area contributed by atoms with Crippen LogP contribution in [-0.2, 0) is 20.9 Å². The molecule has 1 aliphatic heterocycles. The van der Waals surface area contributed by atoms with E-state index in [4.69, 9.17) is 4.74 Å². The number of nitrogens with one attached hydrogen (secondary N) is 2. The van der Waals surface area contributed by atoms with E-state index >= 15 is 0 Å². The Kier molecular flexibility index (Phi) is 8.62. The molecule has 166 valence electrons. The predicted octanol–water partition coefficient (Wildman–Crippen LogP) is 2.98. The number of carbonyl (C=O) groups excluding carboxylic acids is 2. The summed E-state index contributed by atoms with van der Waals surface area (Å²) in [6, 6.07) is 18.2. The molecule has 2 amide bonds. The lowest BCUT2D eigenvalue weighted by atomic mass is 10.0. The van der Waals surface area contributed by atoms with Crippen molar-refractivity contribution in [3.8, 4) is 11.1 Å². The van der Waals surface area contributed by atoms with Gasteiger partial charge in [0.15, 0.2) is 0 Å². The molecule has 0 aliphatic carbocycles. The summed E-state index contributed by atoms with van der Waals surface area (Å²) in [5, 5.41) is 5.80. The van der Waals surface area contributed by atoms with Crippen LogP contribution in [0.5, 0.6) is 0 Å². The number of hydrogen-bond acceptors (Lipinski definition) is 4. The van der Waals surface area contributed by atoms with Gasteiger partial charge in [-0.3, -0.25) is 14.5 Å². The van der Waals surface area contributed by atoms with E-state index < -0.39 is 6.04 Å². The molecule has 1 saturated heterocycles. The van der Waals surface area contributed by atoms with E-state index in [0.29, 0.717) is 26.2 Å². The topological polar surface area (TPSA) is 70.7 Å². The molecular formula is C25H33N3O3. The SMILES string of the molecule is CC(C)OCCCNC(=O)CC1C(=O)NCCN1Cc1ccc(-c2ccccc2)cc1. The number of rotatable bonds is 10. The fourth-order valence-electron chi connectivity index (χ4n) is 3.71. The lowest BCUT2D eigenvalue weighted by Gasteiger charge is -2.34. The normalized spacial score (nSPS) is 16.9. The molecule has 0 radical (unpaired) electrons. The Morgan fingerprint density at radius 3 is 2.55 bits per heavy atom. The highest BCUT2D eigenvalue weighted by atomic mass is 16.5. The van der Waals surface area contributed by atoms with Gasteiger partial charge in [-0.15, -0.1) is 0 Å². The molecule has 1 heterocycles. The van der Waals surface area contributed by atoms with Crippen molar-refractivity contribution in [3.05, 3.63) is 60.2 Å². The highest BCUT2D eigenvalue weighted by Crippen LogP contribution is 2.21. The molecule has 1 atom stereocenters. The maximum absolute atomic E-state index is 12.5. The highest BCUT2D eigenvalue weighted by molar-refractivity contribution is 5.88. The van der Waals surface area contributed by atoms with Crippen LogP contribution in [0.1, 0.15) is 32.3 Å². The summed E-state index contributed by atoms with van der Waals surface area (Å²) in [5.74, 6) is -0.179. The Hall–Kier alpha value is -2.70. The predicted molar refractivity (Wildman–Crippen MR) is 122 cm³/mol. The fourth-order valence-corrected chi connectivity index (χ4v) is 3.71. The van der Waals surface area contributed by atoms with Gasteiger partial charge < -0.3 is 15.4 Å². The Bertz CT molecular complexity index is 837. The average molecular weight is 424 g/mol. The number of carbonyl (C=O) groups is 2. The minimum Gasteiger partial charge on any atom is -0.379 e. The van der Waals surface area contributed by atoms with Crippen LogP contribution in [-0.4, -0.2) is 55.1 Å². The lowest BCUT2D eigenvalue weighted by molar-refractivity contribution is -0.134. The van der Waals surface area contributed by atoms with Crippen molar-refractivity contribution < 1.29 is 14.3 Å². The summed E-state index contributed by atoms with van der Waals surface area (Å²) < 4.78 is 5.49. The van der Waals surface area contributed by atoms with Crippen LogP contribution in [0.25, 0.3) is 11.1 Å². The third kappa shape index (κ3) is 7.19. The Morgan fingerprint density at radius 1 is 1.13 bits per heavy atom. The quantitative estimate of drug-likeness (QED) is 0.577. The number of piperazine rings is 1. The summed E-state index contributed by atoms with van der Waals surface area (Å²) in [7, 11) is 0. The Morgan fingerprint density at radius 2 is 1.84 bits per heavy atom. The minimum atomic E-state index is -0.450. The molecule has 0 bridgehead atoms. The summed E-state index contributed by atoms with van der Waals surface area (Å²) in [5.41, 5.74) is 3.48. The summed E-state index contributed by atoms with van der Waals surface area (Å²) in [6.07, 6.45) is 1.12.